The first-order chi connectivity index (χ1) is 11.3. The van der Waals surface area contributed by atoms with E-state index in [1.807, 2.05) is 0 Å². The van der Waals surface area contributed by atoms with Crippen LogP contribution in [0.15, 0.2) is 53.4 Å². The second-order valence-electron chi connectivity index (χ2n) is 5.66. The maximum atomic E-state index is 12.8. The van der Waals surface area contributed by atoms with Gasteiger partial charge in [0.15, 0.2) is 9.84 Å². The number of benzene rings is 2. The van der Waals surface area contributed by atoms with Crippen molar-refractivity contribution >= 4 is 33.0 Å². The van der Waals surface area contributed by atoms with E-state index in [1.54, 1.807) is 43.3 Å². The molecule has 2 aromatic carbocycles. The number of hydrogen-bond donors (Lipinski definition) is 1. The third kappa shape index (κ3) is 2.78. The molecule has 2 aromatic rings. The number of nitrogens with one attached hydrogen (secondary N) is 1. The van der Waals surface area contributed by atoms with Crippen molar-refractivity contribution in [2.75, 3.05) is 16.5 Å². The second-order valence-corrected chi connectivity index (χ2v) is 7.67. The number of anilines is 2. The zero-order valence-corrected chi connectivity index (χ0v) is 14.0. The van der Waals surface area contributed by atoms with Crippen LogP contribution in [-0.4, -0.2) is 32.5 Å². The quantitative estimate of drug-likeness (QED) is 0.904. The molecule has 0 radical (unpaired) electrons. The Bertz CT molecular complexity index is 923. The Morgan fingerprint density at radius 3 is 2.42 bits per heavy atom. The molecule has 1 N–H and O–H groups in total. The van der Waals surface area contributed by atoms with Gasteiger partial charge in [-0.15, -0.1) is 0 Å². The molecule has 1 unspecified atom stereocenters. The first kappa shape index (κ1) is 16.2. The molecule has 0 fully saturated rings. The highest BCUT2D eigenvalue weighted by atomic mass is 32.2. The Morgan fingerprint density at radius 1 is 1.12 bits per heavy atom. The molecule has 6 nitrogen and oxygen atoms in total. The van der Waals surface area contributed by atoms with Crippen molar-refractivity contribution in [3.05, 3.63) is 54.1 Å². The van der Waals surface area contributed by atoms with Crippen LogP contribution in [0.4, 0.5) is 11.4 Å². The van der Waals surface area contributed by atoms with Crippen LogP contribution >= 0.6 is 0 Å². The standard InChI is InChI=1S/C17H16N2O4S/c1-11-16(20)18-14-10-13(24(2,22)23)8-9-15(14)19(11)17(21)12-6-4-3-5-7-12/h3-11H,1-2H3,(H,18,20). The molecule has 1 aliphatic rings. The molecule has 1 aliphatic heterocycles. The van der Waals surface area contributed by atoms with E-state index in [4.69, 9.17) is 0 Å². The summed E-state index contributed by atoms with van der Waals surface area (Å²) in [5.41, 5.74) is 1.24. The molecule has 0 saturated carbocycles. The molecule has 2 amide bonds. The van der Waals surface area contributed by atoms with Crippen molar-refractivity contribution in [3.63, 3.8) is 0 Å². The number of amides is 2. The van der Waals surface area contributed by atoms with E-state index >= 15 is 0 Å². The van der Waals surface area contributed by atoms with Gasteiger partial charge in [0.05, 0.1) is 16.3 Å². The lowest BCUT2D eigenvalue weighted by atomic mass is 10.1. The second kappa shape index (κ2) is 5.76. The van der Waals surface area contributed by atoms with Crippen LogP contribution in [0, 0.1) is 0 Å². The predicted molar refractivity (Wildman–Crippen MR) is 90.9 cm³/mol. The van der Waals surface area contributed by atoms with E-state index < -0.39 is 15.9 Å². The number of carbonyl (C=O) groups excluding carboxylic acids is 2. The van der Waals surface area contributed by atoms with E-state index in [0.29, 0.717) is 16.9 Å². The minimum absolute atomic E-state index is 0.0863. The van der Waals surface area contributed by atoms with Gasteiger partial charge in [0.2, 0.25) is 5.91 Å². The Balaban J connectivity index is 2.12. The summed E-state index contributed by atoms with van der Waals surface area (Å²) in [6.45, 7) is 1.63. The molecule has 0 saturated heterocycles. The molecule has 7 heteroatoms. The summed E-state index contributed by atoms with van der Waals surface area (Å²) >= 11 is 0. The third-order valence-corrected chi connectivity index (χ3v) is 5.03. The Labute approximate surface area is 140 Å². The first-order valence-electron chi connectivity index (χ1n) is 7.32. The van der Waals surface area contributed by atoms with Gasteiger partial charge < -0.3 is 5.32 Å². The molecule has 1 heterocycles. The molecule has 0 spiro atoms. The molecule has 124 valence electrons. The number of sulfone groups is 1. The lowest BCUT2D eigenvalue weighted by Gasteiger charge is -2.34. The average Bonchev–Trinajstić information content (AvgIpc) is 2.55. The van der Waals surface area contributed by atoms with Crippen molar-refractivity contribution < 1.29 is 18.0 Å². The molecular weight excluding hydrogens is 328 g/mol. The first-order valence-corrected chi connectivity index (χ1v) is 9.22. The molecule has 0 aromatic heterocycles. The average molecular weight is 344 g/mol. The summed E-state index contributed by atoms with van der Waals surface area (Å²) in [4.78, 5) is 26.5. The predicted octanol–water partition coefficient (Wildman–Crippen LogP) is 2.08. The Hall–Kier alpha value is -2.67. The minimum atomic E-state index is -3.41. The van der Waals surface area contributed by atoms with Gasteiger partial charge in [0.1, 0.15) is 6.04 Å². The normalized spacial score (nSPS) is 17.2. The van der Waals surface area contributed by atoms with Gasteiger partial charge in [-0.2, -0.15) is 0 Å². The van der Waals surface area contributed by atoms with Gasteiger partial charge in [-0.05, 0) is 37.3 Å². The topological polar surface area (TPSA) is 83.6 Å². The fourth-order valence-electron chi connectivity index (χ4n) is 2.62. The Morgan fingerprint density at radius 2 is 1.79 bits per heavy atom. The van der Waals surface area contributed by atoms with Crippen LogP contribution in [-0.2, 0) is 14.6 Å². The van der Waals surface area contributed by atoms with E-state index in [2.05, 4.69) is 5.32 Å². The number of hydrogen-bond acceptors (Lipinski definition) is 4. The minimum Gasteiger partial charge on any atom is -0.322 e. The van der Waals surface area contributed by atoms with E-state index in [-0.39, 0.29) is 16.7 Å². The summed E-state index contributed by atoms with van der Waals surface area (Å²) in [5.74, 6) is -0.677. The highest BCUT2D eigenvalue weighted by Crippen LogP contribution is 2.35. The molecule has 3 rings (SSSR count). The van der Waals surface area contributed by atoms with Gasteiger partial charge in [-0.1, -0.05) is 18.2 Å². The lowest BCUT2D eigenvalue weighted by molar-refractivity contribution is -0.117. The molecule has 24 heavy (non-hydrogen) atoms. The smallest absolute Gasteiger partial charge is 0.259 e. The van der Waals surface area contributed by atoms with Crippen LogP contribution in [0.3, 0.4) is 0 Å². The molecular formula is C17H16N2O4S. The number of rotatable bonds is 2. The maximum absolute atomic E-state index is 12.8. The summed E-state index contributed by atoms with van der Waals surface area (Å²) in [6, 6.07) is 12.3. The molecule has 1 atom stereocenters. The molecule has 0 aliphatic carbocycles. The summed E-state index contributed by atoms with van der Waals surface area (Å²) in [7, 11) is -3.41. The van der Waals surface area contributed by atoms with Gasteiger partial charge >= 0.3 is 0 Å². The van der Waals surface area contributed by atoms with Gasteiger partial charge in [0, 0.05) is 11.8 Å². The highest BCUT2D eigenvalue weighted by molar-refractivity contribution is 7.90. The van der Waals surface area contributed by atoms with Crippen LogP contribution in [0.25, 0.3) is 0 Å². The number of nitrogens with zero attached hydrogens (tertiary/aromatic N) is 1. The summed E-state index contributed by atoms with van der Waals surface area (Å²) in [5, 5.41) is 2.66. The third-order valence-electron chi connectivity index (χ3n) is 3.92. The lowest BCUT2D eigenvalue weighted by Crippen LogP contribution is -2.49. The van der Waals surface area contributed by atoms with Crippen LogP contribution in [0.5, 0.6) is 0 Å². The van der Waals surface area contributed by atoms with E-state index in [9.17, 15) is 18.0 Å². The van der Waals surface area contributed by atoms with Gasteiger partial charge in [-0.3, -0.25) is 14.5 Å². The molecule has 0 bridgehead atoms. The largest absolute Gasteiger partial charge is 0.322 e. The van der Waals surface area contributed by atoms with E-state index in [1.165, 1.54) is 17.0 Å². The van der Waals surface area contributed by atoms with Crippen molar-refractivity contribution in [2.24, 2.45) is 0 Å². The van der Waals surface area contributed by atoms with Gasteiger partial charge in [-0.25, -0.2) is 8.42 Å². The van der Waals surface area contributed by atoms with Crippen LogP contribution in [0.1, 0.15) is 17.3 Å². The monoisotopic (exact) mass is 344 g/mol. The highest BCUT2D eigenvalue weighted by Gasteiger charge is 2.34. The summed E-state index contributed by atoms with van der Waals surface area (Å²) < 4.78 is 23.4. The maximum Gasteiger partial charge on any atom is 0.259 e. The summed E-state index contributed by atoms with van der Waals surface area (Å²) in [6.07, 6.45) is 1.09. The fourth-order valence-corrected chi connectivity index (χ4v) is 3.27. The van der Waals surface area contributed by atoms with Crippen LogP contribution in [0.2, 0.25) is 0 Å². The van der Waals surface area contributed by atoms with Crippen molar-refractivity contribution in [1.29, 1.82) is 0 Å². The zero-order chi connectivity index (χ0) is 17.5. The van der Waals surface area contributed by atoms with E-state index in [0.717, 1.165) is 6.26 Å². The SMILES string of the molecule is CC1C(=O)Nc2cc(S(C)(=O)=O)ccc2N1C(=O)c1ccccc1. The van der Waals surface area contributed by atoms with Crippen molar-refractivity contribution in [2.45, 2.75) is 17.9 Å². The van der Waals surface area contributed by atoms with Crippen molar-refractivity contribution in [1.82, 2.24) is 0 Å². The fraction of sp³-hybridized carbons (Fsp3) is 0.176. The van der Waals surface area contributed by atoms with Crippen LogP contribution < -0.4 is 10.2 Å². The number of fused-ring (bicyclic) bond motifs is 1. The van der Waals surface area contributed by atoms with Gasteiger partial charge in [0.25, 0.3) is 5.91 Å². The Kier molecular flexibility index (Phi) is 3.88. The zero-order valence-electron chi connectivity index (χ0n) is 13.2. The number of carbonyl (C=O) groups is 2. The van der Waals surface area contributed by atoms with Crippen molar-refractivity contribution in [3.8, 4) is 0 Å².